The molecule has 3 aliphatic rings. The smallest absolute Gasteiger partial charge is 0.316 e. The zero-order valence-electron chi connectivity index (χ0n) is 29.4. The van der Waals surface area contributed by atoms with Gasteiger partial charge in [-0.15, -0.1) is 22.0 Å². The first-order valence-corrected chi connectivity index (χ1v) is 19.9. The molecule has 4 aromatic rings. The minimum Gasteiger partial charge on any atom is -0.467 e. The van der Waals surface area contributed by atoms with Crippen LogP contribution in [0.5, 0.6) is 6.01 Å². The van der Waals surface area contributed by atoms with E-state index in [0.717, 1.165) is 28.6 Å². The number of rotatable bonds is 11. The van der Waals surface area contributed by atoms with E-state index in [1.54, 1.807) is 6.20 Å². The number of amides is 1. The monoisotopic (exact) mass is 827 g/mol. The fraction of sp³-hybridized carbons (Fsp3) is 0.531. The average Bonchev–Trinajstić information content (AvgIpc) is 3.88. The first-order valence-electron chi connectivity index (χ1n) is 17.2. The van der Waals surface area contributed by atoms with Gasteiger partial charge in [0, 0.05) is 36.6 Å². The molecule has 24 heteroatoms. The summed E-state index contributed by atoms with van der Waals surface area (Å²) in [6, 6.07) is -0.413. The molecule has 1 aromatic carbocycles. The van der Waals surface area contributed by atoms with Crippen LogP contribution in [-0.4, -0.2) is 168 Å². The van der Waals surface area contributed by atoms with Gasteiger partial charge in [-0.05, 0) is 12.1 Å². The number of ether oxygens (including phenoxy) is 4. The fourth-order valence-electron chi connectivity index (χ4n) is 6.53. The molecule has 19 nitrogen and oxygen atoms in total. The molecule has 6 heterocycles. The summed E-state index contributed by atoms with van der Waals surface area (Å²) in [6.07, 6.45) is 0.553. The van der Waals surface area contributed by atoms with E-state index in [2.05, 4.69) is 30.6 Å². The Balaban J connectivity index is 1.16. The number of hydrogen-bond acceptors (Lipinski definition) is 17. The number of carbonyl (C=O) groups is 1. The maximum absolute atomic E-state index is 14.1. The number of carbonyl (C=O) groups excluding carboxylic acids is 1. The predicted molar refractivity (Wildman–Crippen MR) is 186 cm³/mol. The van der Waals surface area contributed by atoms with Crippen LogP contribution in [0.15, 0.2) is 36.9 Å². The third-order valence-electron chi connectivity index (χ3n) is 9.63. The highest BCUT2D eigenvalue weighted by atomic mass is 32.2. The summed E-state index contributed by atoms with van der Waals surface area (Å²) < 4.78 is 91.7. The molecule has 3 saturated heterocycles. The fourth-order valence-corrected chi connectivity index (χ4v) is 9.19. The van der Waals surface area contributed by atoms with E-state index < -0.39 is 93.6 Å². The van der Waals surface area contributed by atoms with Gasteiger partial charge in [0.05, 0.1) is 62.2 Å². The number of aromatic nitrogens is 8. The molecule has 3 N–H and O–H groups in total. The van der Waals surface area contributed by atoms with Crippen molar-refractivity contribution in [1.29, 1.82) is 0 Å². The average molecular weight is 828 g/mol. The lowest BCUT2D eigenvalue weighted by Gasteiger charge is -2.45. The number of aliphatic hydroxyl groups is 3. The summed E-state index contributed by atoms with van der Waals surface area (Å²) in [5.74, 6) is -5.61. The van der Waals surface area contributed by atoms with Crippen molar-refractivity contribution in [3.8, 4) is 28.5 Å². The number of benzene rings is 1. The predicted octanol–water partition coefficient (Wildman–Crippen LogP) is -0.585. The molecule has 3 aliphatic heterocycles. The van der Waals surface area contributed by atoms with Gasteiger partial charge < -0.3 is 39.2 Å². The molecular formula is C32H36F3N9O10S2. The lowest BCUT2D eigenvalue weighted by atomic mass is 9.97. The van der Waals surface area contributed by atoms with E-state index in [-0.39, 0.29) is 55.1 Å². The van der Waals surface area contributed by atoms with Gasteiger partial charge >= 0.3 is 6.01 Å². The third-order valence-corrected chi connectivity index (χ3v) is 12.6. The lowest BCUT2D eigenvalue weighted by molar-refractivity contribution is -0.195. The minimum absolute atomic E-state index is 0.0101. The number of nitrogens with zero attached hydrogens (tertiary/aromatic N) is 9. The van der Waals surface area contributed by atoms with E-state index in [4.69, 9.17) is 18.9 Å². The zero-order chi connectivity index (χ0) is 39.7. The van der Waals surface area contributed by atoms with Crippen molar-refractivity contribution in [2.75, 3.05) is 58.1 Å². The van der Waals surface area contributed by atoms with Gasteiger partial charge in [-0.3, -0.25) is 4.79 Å². The Hall–Kier alpha value is -4.30. The van der Waals surface area contributed by atoms with Crippen LogP contribution >= 0.6 is 11.8 Å². The largest absolute Gasteiger partial charge is 0.467 e. The van der Waals surface area contributed by atoms with Gasteiger partial charge in [0.25, 0.3) is 0 Å². The summed E-state index contributed by atoms with van der Waals surface area (Å²) in [7, 11) is -1.87. The Bertz CT molecular complexity index is 2100. The Morgan fingerprint density at radius 3 is 2.27 bits per heavy atom. The van der Waals surface area contributed by atoms with Gasteiger partial charge in [-0.2, -0.15) is 0 Å². The molecule has 1 amide bonds. The molecule has 3 fully saturated rings. The summed E-state index contributed by atoms with van der Waals surface area (Å²) in [5.41, 5.74) is -0.473. The maximum atomic E-state index is 14.1. The highest BCUT2D eigenvalue weighted by Gasteiger charge is 2.50. The molecule has 3 aromatic heterocycles. The van der Waals surface area contributed by atoms with Crippen LogP contribution in [0.3, 0.4) is 0 Å². The van der Waals surface area contributed by atoms with Gasteiger partial charge in [0.1, 0.15) is 53.8 Å². The molecule has 56 heavy (non-hydrogen) atoms. The summed E-state index contributed by atoms with van der Waals surface area (Å²) in [6.45, 7) is -1.34. The number of thioether (sulfide) groups is 1. The van der Waals surface area contributed by atoms with Crippen LogP contribution < -0.4 is 4.74 Å². The Morgan fingerprint density at radius 1 is 0.964 bits per heavy atom. The van der Waals surface area contributed by atoms with Gasteiger partial charge in [-0.25, -0.2) is 40.9 Å². The van der Waals surface area contributed by atoms with E-state index in [1.165, 1.54) is 35.3 Å². The molecule has 0 saturated carbocycles. The van der Waals surface area contributed by atoms with E-state index in [9.17, 15) is 41.7 Å². The number of halogens is 3. The zero-order valence-corrected chi connectivity index (χ0v) is 31.0. The lowest BCUT2D eigenvalue weighted by Crippen LogP contribution is -2.57. The highest BCUT2D eigenvalue weighted by Crippen LogP contribution is 2.41. The topological polar surface area (TPSA) is 239 Å². The second kappa shape index (κ2) is 16.7. The Kier molecular flexibility index (Phi) is 11.9. The second-order valence-corrected chi connectivity index (χ2v) is 16.8. The molecule has 0 bridgehead atoms. The second-order valence-electron chi connectivity index (χ2n) is 13.2. The molecule has 0 radical (unpaired) electrons. The van der Waals surface area contributed by atoms with Gasteiger partial charge in [0.2, 0.25) is 5.91 Å². The summed E-state index contributed by atoms with van der Waals surface area (Å²) in [4.78, 5) is 22.8. The quantitative estimate of drug-likeness (QED) is 0.160. The molecule has 302 valence electrons. The number of methoxy groups -OCH3 is 1. The summed E-state index contributed by atoms with van der Waals surface area (Å²) in [5, 5.41) is 49.1. The molecule has 0 spiro atoms. The first kappa shape index (κ1) is 39.9. The van der Waals surface area contributed by atoms with Crippen LogP contribution in [0.4, 0.5) is 13.2 Å². The Labute approximate surface area is 320 Å². The van der Waals surface area contributed by atoms with Crippen molar-refractivity contribution in [2.45, 2.75) is 47.2 Å². The minimum atomic E-state index is -3.30. The molecule has 0 aliphatic carbocycles. The van der Waals surface area contributed by atoms with E-state index in [1.807, 2.05) is 0 Å². The SMILES string of the molecule is COc1ncc(-c2cn([C@H]3COC[C@@H](S[C@@H]4O[C@H](CO)[C@H](O)[C@H](n5cc(-c6cc(F)c(F)c(F)c6)nn5)[C@H]4OCC(=O)N4CCS(=O)(=O)CC4)[C@@H]3O)nn2)cn1. The normalized spacial score (nSPS) is 27.9. The van der Waals surface area contributed by atoms with E-state index >= 15 is 0 Å². The van der Waals surface area contributed by atoms with Crippen LogP contribution in [0.25, 0.3) is 22.5 Å². The van der Waals surface area contributed by atoms with Crippen molar-refractivity contribution in [3.05, 3.63) is 54.4 Å². The van der Waals surface area contributed by atoms with Crippen LogP contribution in [0, 0.1) is 17.5 Å². The van der Waals surface area contributed by atoms with Crippen LogP contribution in [0.1, 0.15) is 12.1 Å². The Morgan fingerprint density at radius 2 is 1.61 bits per heavy atom. The molecule has 8 atom stereocenters. The molecule has 7 rings (SSSR count). The summed E-state index contributed by atoms with van der Waals surface area (Å²) >= 11 is 1.03. The number of aliphatic hydroxyl groups excluding tert-OH is 3. The van der Waals surface area contributed by atoms with Crippen LogP contribution in [-0.2, 0) is 28.8 Å². The van der Waals surface area contributed by atoms with Crippen molar-refractivity contribution in [1.82, 2.24) is 44.9 Å². The highest BCUT2D eigenvalue weighted by molar-refractivity contribution is 8.00. The number of sulfone groups is 1. The first-order chi connectivity index (χ1) is 26.8. The number of hydrogen-bond donors (Lipinski definition) is 3. The van der Waals surface area contributed by atoms with Crippen molar-refractivity contribution >= 4 is 27.5 Å². The van der Waals surface area contributed by atoms with Gasteiger partial charge in [-0.1, -0.05) is 10.4 Å². The molecule has 0 unspecified atom stereocenters. The maximum Gasteiger partial charge on any atom is 0.316 e. The van der Waals surface area contributed by atoms with Crippen LogP contribution in [0.2, 0.25) is 0 Å². The van der Waals surface area contributed by atoms with Gasteiger partial charge in [0.15, 0.2) is 27.3 Å². The standard InChI is InChI=1S/C32H36F3N9O10S2/c1-51-32-36-8-17(9-37-32)21-10-43(40-39-21)22-13-52-14-24(28(22)47)55-31-30(53-15-25(46)42-2-4-56(49,50)5-3-42)27(29(48)23(12-45)54-31)44-11-20(38-41-44)16-6-18(33)26(35)19(34)7-16/h6-11,22-24,27-31,45,47-48H,2-5,12-15H2,1H3/t22-,23+,24+,27-,28+,29-,30+,31-/m0/s1. The van der Waals surface area contributed by atoms with Crippen molar-refractivity contribution in [3.63, 3.8) is 0 Å². The van der Waals surface area contributed by atoms with E-state index in [0.29, 0.717) is 11.3 Å². The third kappa shape index (κ3) is 8.37. The molecular weight excluding hydrogens is 792 g/mol. The van der Waals surface area contributed by atoms with Crippen molar-refractivity contribution in [2.24, 2.45) is 0 Å². The van der Waals surface area contributed by atoms with Crippen molar-refractivity contribution < 1.29 is 60.7 Å².